The van der Waals surface area contributed by atoms with Gasteiger partial charge in [0.05, 0.1) is 0 Å². The summed E-state index contributed by atoms with van der Waals surface area (Å²) in [6.45, 7) is -0.0975. The van der Waals surface area contributed by atoms with E-state index in [9.17, 15) is 9.59 Å². The fraction of sp³-hybridized carbons (Fsp3) is 0.500. The van der Waals surface area contributed by atoms with Crippen LogP contribution in [-0.4, -0.2) is 24.5 Å². The molecule has 1 aromatic carbocycles. The predicted octanol–water partition coefficient (Wildman–Crippen LogP) is 2.26. The number of esters is 1. The molecular weight excluding hydrogens is 268 g/mol. The van der Waals surface area contributed by atoms with Gasteiger partial charge < -0.3 is 15.8 Å². The molecule has 3 N–H and O–H groups in total. The van der Waals surface area contributed by atoms with Crippen LogP contribution >= 0.6 is 0 Å². The van der Waals surface area contributed by atoms with Crippen LogP contribution in [0, 0.1) is 0 Å². The average molecular weight is 290 g/mol. The highest BCUT2D eigenvalue weighted by Gasteiger charge is 2.17. The highest BCUT2D eigenvalue weighted by Crippen LogP contribution is 2.19. The van der Waals surface area contributed by atoms with E-state index in [1.54, 1.807) is 24.3 Å². The first-order valence-corrected chi connectivity index (χ1v) is 7.48. The van der Waals surface area contributed by atoms with E-state index in [-0.39, 0.29) is 24.5 Å². The standard InChI is InChI=1S/C16H22N2O3/c17-13-9-7-12(8-10-13)16(20)18-11-15(19)21-14-5-3-1-2-4-6-14/h7-10,14H,1-6,11,17H2,(H,18,20). The molecule has 1 aliphatic carbocycles. The molecule has 2 rings (SSSR count). The first kappa shape index (κ1) is 15.4. The lowest BCUT2D eigenvalue weighted by molar-refractivity contribution is -0.148. The second-order valence-corrected chi connectivity index (χ2v) is 5.41. The maximum Gasteiger partial charge on any atom is 0.325 e. The number of rotatable bonds is 4. The number of carbonyl (C=O) groups is 2. The lowest BCUT2D eigenvalue weighted by Gasteiger charge is -2.15. The van der Waals surface area contributed by atoms with E-state index in [4.69, 9.17) is 10.5 Å². The molecular formula is C16H22N2O3. The van der Waals surface area contributed by atoms with Gasteiger partial charge in [0, 0.05) is 11.3 Å². The van der Waals surface area contributed by atoms with Crippen LogP contribution in [0.2, 0.25) is 0 Å². The summed E-state index contributed by atoms with van der Waals surface area (Å²) in [6, 6.07) is 6.56. The molecule has 5 nitrogen and oxygen atoms in total. The van der Waals surface area contributed by atoms with Crippen LogP contribution in [0.1, 0.15) is 48.9 Å². The van der Waals surface area contributed by atoms with Crippen LogP contribution in [0.5, 0.6) is 0 Å². The van der Waals surface area contributed by atoms with Crippen molar-refractivity contribution in [3.8, 4) is 0 Å². The molecule has 0 atom stereocenters. The van der Waals surface area contributed by atoms with Crippen LogP contribution in [0.15, 0.2) is 24.3 Å². The smallest absolute Gasteiger partial charge is 0.325 e. The fourth-order valence-corrected chi connectivity index (χ4v) is 2.48. The van der Waals surface area contributed by atoms with Gasteiger partial charge in [-0.05, 0) is 49.9 Å². The van der Waals surface area contributed by atoms with Crippen molar-refractivity contribution in [2.75, 3.05) is 12.3 Å². The van der Waals surface area contributed by atoms with Gasteiger partial charge in [0.25, 0.3) is 5.91 Å². The van der Waals surface area contributed by atoms with E-state index in [0.717, 1.165) is 25.7 Å². The van der Waals surface area contributed by atoms with E-state index in [1.165, 1.54) is 12.8 Å². The number of ether oxygens (including phenoxy) is 1. The van der Waals surface area contributed by atoms with Crippen molar-refractivity contribution in [2.24, 2.45) is 0 Å². The van der Waals surface area contributed by atoms with Gasteiger partial charge in [-0.1, -0.05) is 12.8 Å². The minimum Gasteiger partial charge on any atom is -0.461 e. The highest BCUT2D eigenvalue weighted by molar-refractivity contribution is 5.96. The van der Waals surface area contributed by atoms with Crippen molar-refractivity contribution in [2.45, 2.75) is 44.6 Å². The Morgan fingerprint density at radius 2 is 1.71 bits per heavy atom. The summed E-state index contributed by atoms with van der Waals surface area (Å²) >= 11 is 0. The number of carbonyl (C=O) groups excluding carboxylic acids is 2. The van der Waals surface area contributed by atoms with Gasteiger partial charge >= 0.3 is 5.97 Å². The number of hydrogen-bond acceptors (Lipinski definition) is 4. The summed E-state index contributed by atoms with van der Waals surface area (Å²) in [5.41, 5.74) is 6.63. The summed E-state index contributed by atoms with van der Waals surface area (Å²) in [5, 5.41) is 2.57. The van der Waals surface area contributed by atoms with E-state index in [2.05, 4.69) is 5.32 Å². The molecule has 0 aromatic heterocycles. The minimum atomic E-state index is -0.370. The Kier molecular flexibility index (Phi) is 5.60. The number of nitrogens with one attached hydrogen (secondary N) is 1. The fourth-order valence-electron chi connectivity index (χ4n) is 2.48. The van der Waals surface area contributed by atoms with Crippen LogP contribution < -0.4 is 11.1 Å². The monoisotopic (exact) mass is 290 g/mol. The summed E-state index contributed by atoms with van der Waals surface area (Å²) in [7, 11) is 0. The molecule has 1 aliphatic rings. The lowest BCUT2D eigenvalue weighted by atomic mass is 10.1. The Balaban J connectivity index is 1.75. The van der Waals surface area contributed by atoms with Gasteiger partial charge in [0.1, 0.15) is 12.6 Å². The molecule has 0 unspecified atom stereocenters. The number of nitrogen functional groups attached to an aromatic ring is 1. The SMILES string of the molecule is Nc1ccc(C(=O)NCC(=O)OC2CCCCCC2)cc1. The van der Waals surface area contributed by atoms with Gasteiger partial charge in [0.2, 0.25) is 0 Å². The number of hydrogen-bond donors (Lipinski definition) is 2. The zero-order valence-electron chi connectivity index (χ0n) is 12.1. The number of nitrogens with two attached hydrogens (primary N) is 1. The Bertz CT molecular complexity index is 477. The molecule has 1 saturated carbocycles. The van der Waals surface area contributed by atoms with Crippen molar-refractivity contribution in [1.82, 2.24) is 5.32 Å². The maximum atomic E-state index is 11.8. The second kappa shape index (κ2) is 7.67. The molecule has 0 bridgehead atoms. The van der Waals surface area contributed by atoms with Crippen LogP contribution in [-0.2, 0) is 9.53 Å². The van der Waals surface area contributed by atoms with E-state index >= 15 is 0 Å². The molecule has 0 spiro atoms. The Morgan fingerprint density at radius 3 is 2.33 bits per heavy atom. The zero-order chi connectivity index (χ0) is 15.1. The van der Waals surface area contributed by atoms with Gasteiger partial charge in [-0.25, -0.2) is 0 Å². The molecule has 1 amide bonds. The summed E-state index contributed by atoms with van der Waals surface area (Å²) < 4.78 is 5.40. The zero-order valence-corrected chi connectivity index (χ0v) is 12.1. The third-order valence-electron chi connectivity index (χ3n) is 3.67. The van der Waals surface area contributed by atoms with Gasteiger partial charge in [0.15, 0.2) is 0 Å². The Hall–Kier alpha value is -2.04. The van der Waals surface area contributed by atoms with Crippen LogP contribution in [0.3, 0.4) is 0 Å². The minimum absolute atomic E-state index is 0.00780. The highest BCUT2D eigenvalue weighted by atomic mass is 16.5. The molecule has 1 fully saturated rings. The maximum absolute atomic E-state index is 11.8. The second-order valence-electron chi connectivity index (χ2n) is 5.41. The van der Waals surface area contributed by atoms with E-state index in [0.29, 0.717) is 11.3 Å². The lowest BCUT2D eigenvalue weighted by Crippen LogP contribution is -2.32. The number of anilines is 1. The van der Waals surface area contributed by atoms with Gasteiger partial charge in [-0.3, -0.25) is 9.59 Å². The van der Waals surface area contributed by atoms with Crippen molar-refractivity contribution in [3.63, 3.8) is 0 Å². The first-order chi connectivity index (χ1) is 10.1. The first-order valence-electron chi connectivity index (χ1n) is 7.48. The molecule has 0 saturated heterocycles. The largest absolute Gasteiger partial charge is 0.461 e. The molecule has 0 radical (unpaired) electrons. The van der Waals surface area contributed by atoms with Crippen molar-refractivity contribution >= 4 is 17.6 Å². The van der Waals surface area contributed by atoms with E-state index in [1.807, 2.05) is 0 Å². The van der Waals surface area contributed by atoms with Crippen LogP contribution in [0.25, 0.3) is 0 Å². The number of benzene rings is 1. The molecule has 21 heavy (non-hydrogen) atoms. The number of amides is 1. The van der Waals surface area contributed by atoms with Gasteiger partial charge in [-0.2, -0.15) is 0 Å². The summed E-state index contributed by atoms with van der Waals surface area (Å²) in [5.74, 6) is -0.668. The third-order valence-corrected chi connectivity index (χ3v) is 3.67. The van der Waals surface area contributed by atoms with E-state index < -0.39 is 0 Å². The predicted molar refractivity (Wildman–Crippen MR) is 80.8 cm³/mol. The Labute approximate surface area is 124 Å². The molecule has 114 valence electrons. The molecule has 5 heteroatoms. The quantitative estimate of drug-likeness (QED) is 0.506. The topological polar surface area (TPSA) is 81.4 Å². The summed E-state index contributed by atoms with van der Waals surface area (Å²) in [6.07, 6.45) is 6.50. The summed E-state index contributed by atoms with van der Waals surface area (Å²) in [4.78, 5) is 23.6. The Morgan fingerprint density at radius 1 is 1.10 bits per heavy atom. The van der Waals surface area contributed by atoms with Crippen molar-refractivity contribution in [1.29, 1.82) is 0 Å². The molecule has 0 aliphatic heterocycles. The van der Waals surface area contributed by atoms with Crippen LogP contribution in [0.4, 0.5) is 5.69 Å². The van der Waals surface area contributed by atoms with Crippen molar-refractivity contribution in [3.05, 3.63) is 29.8 Å². The molecule has 1 aromatic rings. The molecule has 0 heterocycles. The van der Waals surface area contributed by atoms with Crippen molar-refractivity contribution < 1.29 is 14.3 Å². The normalized spacial score (nSPS) is 16.0. The van der Waals surface area contributed by atoms with Gasteiger partial charge in [-0.15, -0.1) is 0 Å². The average Bonchev–Trinajstić information content (AvgIpc) is 2.74. The third kappa shape index (κ3) is 5.10.